The van der Waals surface area contributed by atoms with E-state index in [0.29, 0.717) is 11.7 Å². The summed E-state index contributed by atoms with van der Waals surface area (Å²) >= 11 is 1.40. The van der Waals surface area contributed by atoms with Crippen molar-refractivity contribution < 1.29 is 13.2 Å². The molecule has 1 aromatic rings. The van der Waals surface area contributed by atoms with Gasteiger partial charge in [-0.1, -0.05) is 23.9 Å². The Morgan fingerprint density at radius 3 is 2.64 bits per heavy atom. The van der Waals surface area contributed by atoms with E-state index in [9.17, 15) is 8.42 Å². The first-order valence-corrected chi connectivity index (χ1v) is 9.54. The Balaban J connectivity index is 0.00000176. The average Bonchev–Trinajstić information content (AvgIpc) is 2.88. The van der Waals surface area contributed by atoms with Crippen molar-refractivity contribution in [2.45, 2.75) is 17.7 Å². The highest BCUT2D eigenvalue weighted by molar-refractivity contribution is 8.93. The molecule has 0 radical (unpaired) electrons. The molecule has 2 aliphatic heterocycles. The van der Waals surface area contributed by atoms with Gasteiger partial charge in [0.1, 0.15) is 5.75 Å². The van der Waals surface area contributed by atoms with E-state index in [1.54, 1.807) is 7.11 Å². The lowest BCUT2D eigenvalue weighted by Crippen LogP contribution is -2.38. The number of nitrogens with zero attached hydrogens (tertiary/aromatic N) is 1. The van der Waals surface area contributed by atoms with Gasteiger partial charge in [0.2, 0.25) is 0 Å². The van der Waals surface area contributed by atoms with E-state index in [4.69, 9.17) is 10.1 Å². The third-order valence-electron chi connectivity index (χ3n) is 4.00. The predicted octanol–water partition coefficient (Wildman–Crippen LogP) is 1.96. The molecule has 5 nitrogen and oxygen atoms in total. The molecule has 2 aliphatic rings. The van der Waals surface area contributed by atoms with Gasteiger partial charge in [0.25, 0.3) is 0 Å². The van der Waals surface area contributed by atoms with Crippen LogP contribution >= 0.6 is 28.7 Å². The number of hydrogen-bond donors (Lipinski definition) is 1. The quantitative estimate of drug-likeness (QED) is 0.827. The normalized spacial score (nSPS) is 25.7. The molecule has 8 heteroatoms. The van der Waals surface area contributed by atoms with Crippen LogP contribution in [0.3, 0.4) is 0 Å². The van der Waals surface area contributed by atoms with Crippen molar-refractivity contribution in [2.24, 2.45) is 0 Å². The second-order valence-electron chi connectivity index (χ2n) is 5.40. The summed E-state index contributed by atoms with van der Waals surface area (Å²) < 4.78 is 28.6. The largest absolute Gasteiger partial charge is 0.497 e. The van der Waals surface area contributed by atoms with E-state index in [1.807, 2.05) is 29.2 Å². The molecular formula is C14H19BrN2O3S2. The minimum absolute atomic E-state index is 0. The highest BCUT2D eigenvalue weighted by atomic mass is 79.9. The highest BCUT2D eigenvalue weighted by Gasteiger charge is 2.47. The Labute approximate surface area is 145 Å². The minimum atomic E-state index is -2.93. The maximum absolute atomic E-state index is 11.7. The van der Waals surface area contributed by atoms with Crippen molar-refractivity contribution in [3.8, 4) is 5.75 Å². The van der Waals surface area contributed by atoms with E-state index < -0.39 is 9.84 Å². The summed E-state index contributed by atoms with van der Waals surface area (Å²) in [4.78, 5) is 1.95. The number of methoxy groups -OCH3 is 1. The van der Waals surface area contributed by atoms with Crippen molar-refractivity contribution in [1.82, 2.24) is 4.90 Å². The molecule has 0 aromatic heterocycles. The Morgan fingerprint density at radius 1 is 1.32 bits per heavy atom. The number of benzene rings is 1. The summed E-state index contributed by atoms with van der Waals surface area (Å²) in [7, 11) is -1.29. The fourth-order valence-electron chi connectivity index (χ4n) is 2.87. The SMILES string of the molecule is Br.COc1ccc(CCN2C(=N)S[C@H]3CS(=O)(=O)C[C@H]32)cc1. The van der Waals surface area contributed by atoms with Crippen LogP contribution in [0, 0.1) is 5.41 Å². The van der Waals surface area contributed by atoms with Crippen LogP contribution in [0.15, 0.2) is 24.3 Å². The zero-order valence-electron chi connectivity index (χ0n) is 12.2. The van der Waals surface area contributed by atoms with Crippen molar-refractivity contribution in [3.63, 3.8) is 0 Å². The molecule has 0 saturated carbocycles. The number of fused-ring (bicyclic) bond motifs is 1. The van der Waals surface area contributed by atoms with Crippen molar-refractivity contribution >= 4 is 43.7 Å². The zero-order valence-corrected chi connectivity index (χ0v) is 15.5. The average molecular weight is 407 g/mol. The number of halogens is 1. The topological polar surface area (TPSA) is 70.5 Å². The van der Waals surface area contributed by atoms with Gasteiger partial charge in [0.05, 0.1) is 24.7 Å². The lowest BCUT2D eigenvalue weighted by Gasteiger charge is -2.23. The molecule has 0 unspecified atom stereocenters. The van der Waals surface area contributed by atoms with Crippen LogP contribution in [0.4, 0.5) is 0 Å². The molecule has 2 saturated heterocycles. The summed E-state index contributed by atoms with van der Waals surface area (Å²) in [5.74, 6) is 1.23. The Kier molecular flexibility index (Phi) is 5.45. The van der Waals surface area contributed by atoms with E-state index >= 15 is 0 Å². The van der Waals surface area contributed by atoms with Gasteiger partial charge >= 0.3 is 0 Å². The van der Waals surface area contributed by atoms with E-state index in [-0.39, 0.29) is 39.8 Å². The first-order chi connectivity index (χ1) is 9.98. The monoisotopic (exact) mass is 406 g/mol. The smallest absolute Gasteiger partial charge is 0.157 e. The van der Waals surface area contributed by atoms with Crippen LogP contribution in [0.1, 0.15) is 5.56 Å². The van der Waals surface area contributed by atoms with Gasteiger partial charge in [0.15, 0.2) is 15.0 Å². The lowest BCUT2D eigenvalue weighted by molar-refractivity contribution is 0.359. The molecular weight excluding hydrogens is 388 g/mol. The molecule has 0 bridgehead atoms. The van der Waals surface area contributed by atoms with Gasteiger partial charge in [-0.15, -0.1) is 17.0 Å². The summed E-state index contributed by atoms with van der Waals surface area (Å²) in [6, 6.07) is 7.83. The number of ether oxygens (including phenoxy) is 1. The van der Waals surface area contributed by atoms with Gasteiger partial charge in [-0.3, -0.25) is 5.41 Å². The number of rotatable bonds is 4. The molecule has 0 aliphatic carbocycles. The standard InChI is InChI=1S/C14H18N2O3S2.BrH/c1-19-11-4-2-10(3-5-11)6-7-16-12-8-21(17,18)9-13(12)20-14(16)15;/h2-5,12-13,15H,6-9H2,1H3;1H/t12-,13+;/m1./s1. The number of nitrogens with one attached hydrogen (secondary N) is 1. The minimum Gasteiger partial charge on any atom is -0.497 e. The zero-order chi connectivity index (χ0) is 15.0. The molecule has 2 atom stereocenters. The number of hydrogen-bond acceptors (Lipinski definition) is 5. The summed E-state index contributed by atoms with van der Waals surface area (Å²) in [6.07, 6.45) is 0.802. The number of amidine groups is 1. The Hall–Kier alpha value is -0.730. The maximum atomic E-state index is 11.7. The highest BCUT2D eigenvalue weighted by Crippen LogP contribution is 2.37. The first-order valence-electron chi connectivity index (χ1n) is 6.84. The molecule has 0 amide bonds. The Morgan fingerprint density at radius 2 is 2.00 bits per heavy atom. The second-order valence-corrected chi connectivity index (χ2v) is 8.78. The van der Waals surface area contributed by atoms with E-state index in [2.05, 4.69) is 0 Å². The molecule has 2 heterocycles. The molecule has 0 spiro atoms. The number of thioether (sulfide) groups is 1. The lowest BCUT2D eigenvalue weighted by atomic mass is 10.1. The second kappa shape index (κ2) is 6.80. The van der Waals surface area contributed by atoms with Gasteiger partial charge in [-0.2, -0.15) is 0 Å². The summed E-state index contributed by atoms with van der Waals surface area (Å²) in [6.45, 7) is 0.689. The van der Waals surface area contributed by atoms with Crippen LogP contribution in [-0.2, 0) is 16.3 Å². The predicted molar refractivity (Wildman–Crippen MR) is 95.3 cm³/mol. The molecule has 1 aromatic carbocycles. The van der Waals surface area contributed by atoms with Crippen LogP contribution in [0.25, 0.3) is 0 Å². The molecule has 122 valence electrons. The fourth-order valence-corrected chi connectivity index (χ4v) is 6.73. The third-order valence-corrected chi connectivity index (χ3v) is 7.17. The van der Waals surface area contributed by atoms with E-state index in [1.165, 1.54) is 11.8 Å². The van der Waals surface area contributed by atoms with Crippen molar-refractivity contribution in [3.05, 3.63) is 29.8 Å². The molecule has 22 heavy (non-hydrogen) atoms. The van der Waals surface area contributed by atoms with Crippen LogP contribution < -0.4 is 4.74 Å². The van der Waals surface area contributed by atoms with Gasteiger partial charge in [-0.25, -0.2) is 8.42 Å². The van der Waals surface area contributed by atoms with Gasteiger partial charge in [-0.05, 0) is 24.1 Å². The molecule has 2 fully saturated rings. The first kappa shape index (κ1) is 17.6. The molecule has 3 rings (SSSR count). The third kappa shape index (κ3) is 3.60. The Bertz CT molecular complexity index is 649. The number of sulfone groups is 1. The summed E-state index contributed by atoms with van der Waals surface area (Å²) in [5, 5.41) is 8.59. The van der Waals surface area contributed by atoms with Crippen LogP contribution in [0.2, 0.25) is 0 Å². The van der Waals surface area contributed by atoms with Crippen molar-refractivity contribution in [2.75, 3.05) is 25.2 Å². The van der Waals surface area contributed by atoms with Crippen LogP contribution in [0.5, 0.6) is 5.75 Å². The van der Waals surface area contributed by atoms with Gasteiger partial charge in [0, 0.05) is 11.8 Å². The van der Waals surface area contributed by atoms with E-state index in [0.717, 1.165) is 17.7 Å². The van der Waals surface area contributed by atoms with Crippen LogP contribution in [-0.4, -0.2) is 54.9 Å². The molecule has 1 N–H and O–H groups in total. The maximum Gasteiger partial charge on any atom is 0.157 e. The van der Waals surface area contributed by atoms with Gasteiger partial charge < -0.3 is 9.64 Å². The fraction of sp³-hybridized carbons (Fsp3) is 0.500. The summed E-state index contributed by atoms with van der Waals surface area (Å²) in [5.41, 5.74) is 1.16. The van der Waals surface area contributed by atoms with Crippen molar-refractivity contribution in [1.29, 1.82) is 5.41 Å².